The predicted molar refractivity (Wildman–Crippen MR) is 92.9 cm³/mol. The minimum atomic E-state index is 0.332. The third kappa shape index (κ3) is 3.63. The summed E-state index contributed by atoms with van der Waals surface area (Å²) in [6.45, 7) is 2.79. The molecule has 22 heavy (non-hydrogen) atoms. The number of rotatable bonds is 3. The Hall–Kier alpha value is -1.07. The van der Waals surface area contributed by atoms with Crippen molar-refractivity contribution >= 4 is 17.3 Å². The predicted octanol–water partition coefficient (Wildman–Crippen LogP) is 3.00. The molecule has 1 N–H and O–H groups in total. The zero-order valence-electron chi connectivity index (χ0n) is 13.5. The van der Waals surface area contributed by atoms with Crippen LogP contribution in [0.4, 0.5) is 0 Å². The van der Waals surface area contributed by atoms with Crippen LogP contribution in [0.3, 0.4) is 0 Å². The van der Waals surface area contributed by atoms with Gasteiger partial charge in [0.25, 0.3) is 0 Å². The van der Waals surface area contributed by atoms with Gasteiger partial charge in [0, 0.05) is 38.6 Å². The number of aromatic nitrogens is 1. The maximum absolute atomic E-state index is 5.71. The van der Waals surface area contributed by atoms with Gasteiger partial charge in [-0.3, -0.25) is 0 Å². The van der Waals surface area contributed by atoms with E-state index in [1.54, 1.807) is 0 Å². The highest BCUT2D eigenvalue weighted by atomic mass is 32.1. The zero-order chi connectivity index (χ0) is 15.4. The van der Waals surface area contributed by atoms with Gasteiger partial charge in [-0.25, -0.2) is 0 Å². The molecule has 3 heterocycles. The van der Waals surface area contributed by atoms with Crippen LogP contribution < -0.4 is 5.32 Å². The van der Waals surface area contributed by atoms with E-state index in [0.717, 1.165) is 31.2 Å². The van der Waals surface area contributed by atoms with Gasteiger partial charge in [-0.2, -0.15) is 0 Å². The molecule has 2 aliphatic rings. The summed E-state index contributed by atoms with van der Waals surface area (Å²) < 4.78 is 7.92. The van der Waals surface area contributed by atoms with Gasteiger partial charge in [-0.15, -0.1) is 0 Å². The zero-order valence-corrected chi connectivity index (χ0v) is 14.3. The molecule has 2 saturated heterocycles. The Labute approximate surface area is 138 Å². The molecule has 2 fully saturated rings. The highest BCUT2D eigenvalue weighted by Gasteiger charge is 2.26. The Kier molecular flexibility index (Phi) is 5.37. The Morgan fingerprint density at radius 2 is 2.23 bits per heavy atom. The molecule has 0 spiro atoms. The van der Waals surface area contributed by atoms with Crippen LogP contribution in [0.2, 0.25) is 0 Å². The normalized spacial score (nSPS) is 26.0. The molecule has 0 amide bonds. The molecule has 5 heteroatoms. The van der Waals surface area contributed by atoms with Crippen molar-refractivity contribution < 1.29 is 4.74 Å². The fraction of sp³-hybridized carbons (Fsp3) is 0.706. The monoisotopic (exact) mass is 321 g/mol. The van der Waals surface area contributed by atoms with Gasteiger partial charge in [0.15, 0.2) is 5.11 Å². The van der Waals surface area contributed by atoms with Gasteiger partial charge in [-0.05, 0) is 50.0 Å². The number of thiocarbonyl (C=S) groups is 1. The second-order valence-corrected chi connectivity index (χ2v) is 6.81. The van der Waals surface area contributed by atoms with Gasteiger partial charge in [0.1, 0.15) is 0 Å². The molecule has 1 aromatic rings. The van der Waals surface area contributed by atoms with E-state index in [4.69, 9.17) is 17.0 Å². The molecule has 0 bridgehead atoms. The number of nitrogens with one attached hydrogen (secondary N) is 1. The van der Waals surface area contributed by atoms with Gasteiger partial charge in [0.2, 0.25) is 0 Å². The van der Waals surface area contributed by atoms with E-state index in [1.807, 2.05) is 0 Å². The lowest BCUT2D eigenvalue weighted by molar-refractivity contribution is 0.113. The average molecular weight is 321 g/mol. The highest BCUT2D eigenvalue weighted by Crippen LogP contribution is 2.30. The summed E-state index contributed by atoms with van der Waals surface area (Å²) in [5.41, 5.74) is 1.36. The second kappa shape index (κ2) is 7.47. The van der Waals surface area contributed by atoms with Crippen molar-refractivity contribution in [3.63, 3.8) is 0 Å². The standard InChI is InChI=1S/C17H27N3OS/c1-19-10-5-9-15(19)16-8-3-2-4-11-20(16)17(22)18-13-14-7-6-12-21-14/h5,9-10,14,16H,2-4,6-8,11-13H2,1H3,(H,18,22)/t14-,16+/m1/s1. The number of ether oxygens (including phenoxy) is 1. The Balaban J connectivity index is 1.67. The van der Waals surface area contributed by atoms with Crippen LogP contribution in [0, 0.1) is 0 Å². The van der Waals surface area contributed by atoms with E-state index in [1.165, 1.54) is 37.8 Å². The lowest BCUT2D eigenvalue weighted by Crippen LogP contribution is -2.44. The number of likely N-dealkylation sites (tertiary alicyclic amines) is 1. The topological polar surface area (TPSA) is 29.4 Å². The van der Waals surface area contributed by atoms with Crippen molar-refractivity contribution in [2.75, 3.05) is 19.7 Å². The smallest absolute Gasteiger partial charge is 0.169 e. The molecule has 0 unspecified atom stereocenters. The molecule has 0 aromatic carbocycles. The summed E-state index contributed by atoms with van der Waals surface area (Å²) in [5.74, 6) is 0. The van der Waals surface area contributed by atoms with E-state index in [0.29, 0.717) is 12.1 Å². The number of aryl methyl sites for hydroxylation is 1. The lowest BCUT2D eigenvalue weighted by Gasteiger charge is -2.33. The molecule has 0 saturated carbocycles. The minimum absolute atomic E-state index is 0.332. The molecule has 2 aliphatic heterocycles. The summed E-state index contributed by atoms with van der Waals surface area (Å²) in [4.78, 5) is 2.40. The van der Waals surface area contributed by atoms with Crippen LogP contribution in [0.1, 0.15) is 50.3 Å². The van der Waals surface area contributed by atoms with E-state index in [9.17, 15) is 0 Å². The third-order valence-corrected chi connectivity index (χ3v) is 5.22. The lowest BCUT2D eigenvalue weighted by atomic mass is 10.1. The highest BCUT2D eigenvalue weighted by molar-refractivity contribution is 7.80. The van der Waals surface area contributed by atoms with E-state index in [2.05, 4.69) is 40.2 Å². The van der Waals surface area contributed by atoms with Crippen molar-refractivity contribution in [3.8, 4) is 0 Å². The Morgan fingerprint density at radius 3 is 2.95 bits per heavy atom. The molecule has 3 rings (SSSR count). The van der Waals surface area contributed by atoms with E-state index < -0.39 is 0 Å². The van der Waals surface area contributed by atoms with Gasteiger partial charge in [-0.1, -0.05) is 12.8 Å². The number of nitrogens with zero attached hydrogens (tertiary/aromatic N) is 2. The summed E-state index contributed by atoms with van der Waals surface area (Å²) in [5, 5.41) is 4.35. The van der Waals surface area contributed by atoms with Crippen LogP contribution in [-0.4, -0.2) is 40.4 Å². The minimum Gasteiger partial charge on any atom is -0.376 e. The third-order valence-electron chi connectivity index (χ3n) is 4.84. The van der Waals surface area contributed by atoms with Crippen molar-refractivity contribution in [1.29, 1.82) is 0 Å². The molecule has 1 aromatic heterocycles. The number of hydrogen-bond acceptors (Lipinski definition) is 2. The molecule has 2 atom stereocenters. The Morgan fingerprint density at radius 1 is 1.32 bits per heavy atom. The van der Waals surface area contributed by atoms with Crippen molar-refractivity contribution in [2.24, 2.45) is 7.05 Å². The first-order valence-corrected chi connectivity index (χ1v) is 8.94. The summed E-state index contributed by atoms with van der Waals surface area (Å²) in [6, 6.07) is 4.75. The molecular formula is C17H27N3OS. The van der Waals surface area contributed by atoms with Crippen molar-refractivity contribution in [3.05, 3.63) is 24.0 Å². The average Bonchev–Trinajstić information content (AvgIpc) is 3.12. The number of hydrogen-bond donors (Lipinski definition) is 1. The van der Waals surface area contributed by atoms with Crippen LogP contribution in [0.25, 0.3) is 0 Å². The molecule has 0 radical (unpaired) electrons. The summed E-state index contributed by atoms with van der Waals surface area (Å²) >= 11 is 5.71. The van der Waals surface area contributed by atoms with Gasteiger partial charge in [0.05, 0.1) is 12.1 Å². The molecule has 4 nitrogen and oxygen atoms in total. The largest absolute Gasteiger partial charge is 0.376 e. The Bertz CT molecular complexity index is 496. The van der Waals surface area contributed by atoms with Crippen molar-refractivity contribution in [1.82, 2.24) is 14.8 Å². The van der Waals surface area contributed by atoms with Gasteiger partial charge >= 0.3 is 0 Å². The van der Waals surface area contributed by atoms with Crippen LogP contribution in [0.15, 0.2) is 18.3 Å². The summed E-state index contributed by atoms with van der Waals surface area (Å²) in [7, 11) is 2.13. The van der Waals surface area contributed by atoms with Crippen molar-refractivity contribution in [2.45, 2.75) is 50.7 Å². The van der Waals surface area contributed by atoms with E-state index in [-0.39, 0.29) is 0 Å². The van der Waals surface area contributed by atoms with Crippen LogP contribution in [-0.2, 0) is 11.8 Å². The molecule has 122 valence electrons. The first-order valence-electron chi connectivity index (χ1n) is 8.53. The van der Waals surface area contributed by atoms with E-state index >= 15 is 0 Å². The van der Waals surface area contributed by atoms with Gasteiger partial charge < -0.3 is 19.5 Å². The maximum atomic E-state index is 5.71. The van der Waals surface area contributed by atoms with Crippen LogP contribution in [0.5, 0.6) is 0 Å². The molecule has 0 aliphatic carbocycles. The fourth-order valence-corrected chi connectivity index (χ4v) is 3.89. The SMILES string of the molecule is Cn1cccc1[C@@H]1CCCCCN1C(=S)NC[C@H]1CCCO1. The molecular weight excluding hydrogens is 294 g/mol. The quantitative estimate of drug-likeness (QED) is 0.867. The maximum Gasteiger partial charge on any atom is 0.169 e. The fourth-order valence-electron chi connectivity index (χ4n) is 3.59. The second-order valence-electron chi connectivity index (χ2n) is 6.42. The summed E-state index contributed by atoms with van der Waals surface area (Å²) in [6.07, 6.45) is 9.76. The first-order chi connectivity index (χ1) is 10.8. The van der Waals surface area contributed by atoms with Crippen LogP contribution >= 0.6 is 12.2 Å². The first kappa shape index (κ1) is 15.8.